The molecule has 5 heteroatoms. The molecule has 0 radical (unpaired) electrons. The molecule has 0 unspecified atom stereocenters. The van der Waals surface area contributed by atoms with E-state index in [0.717, 1.165) is 16.8 Å². The first-order chi connectivity index (χ1) is 14.0. The Bertz CT molecular complexity index is 1060. The SMILES string of the molecule is Cc1ccccc1NC(=O)c1ccc(C(=O)N(C)Cc2ccc(C#N)cc2)cc1. The number of carbonyl (C=O) groups is 2. The number of benzene rings is 3. The molecule has 0 saturated heterocycles. The van der Waals surface area contributed by atoms with Gasteiger partial charge in [-0.1, -0.05) is 30.3 Å². The Kier molecular flexibility index (Phi) is 6.06. The van der Waals surface area contributed by atoms with Gasteiger partial charge in [0.05, 0.1) is 11.6 Å². The highest BCUT2D eigenvalue weighted by molar-refractivity contribution is 6.05. The molecule has 3 aromatic rings. The van der Waals surface area contributed by atoms with E-state index >= 15 is 0 Å². The maximum Gasteiger partial charge on any atom is 0.255 e. The zero-order valence-corrected chi connectivity index (χ0v) is 16.3. The first kappa shape index (κ1) is 19.8. The van der Waals surface area contributed by atoms with E-state index in [-0.39, 0.29) is 11.8 Å². The largest absolute Gasteiger partial charge is 0.337 e. The maximum atomic E-state index is 12.7. The van der Waals surface area contributed by atoms with Crippen molar-refractivity contribution < 1.29 is 9.59 Å². The summed E-state index contributed by atoms with van der Waals surface area (Å²) in [5, 5.41) is 11.7. The zero-order chi connectivity index (χ0) is 20.8. The van der Waals surface area contributed by atoms with Crippen LogP contribution in [0.15, 0.2) is 72.8 Å². The third kappa shape index (κ3) is 4.88. The number of rotatable bonds is 5. The number of nitriles is 1. The molecule has 2 amide bonds. The van der Waals surface area contributed by atoms with E-state index < -0.39 is 0 Å². The highest BCUT2D eigenvalue weighted by atomic mass is 16.2. The molecule has 29 heavy (non-hydrogen) atoms. The third-order valence-electron chi connectivity index (χ3n) is 4.64. The summed E-state index contributed by atoms with van der Waals surface area (Å²) < 4.78 is 0. The number of aryl methyl sites for hydroxylation is 1. The highest BCUT2D eigenvalue weighted by Gasteiger charge is 2.14. The standard InChI is InChI=1S/C24H21N3O2/c1-17-5-3-4-6-22(17)26-23(28)20-11-13-21(14-12-20)24(29)27(2)16-19-9-7-18(15-25)8-10-19/h3-14H,16H2,1-2H3,(H,26,28). The van der Waals surface area contributed by atoms with Crippen molar-refractivity contribution in [2.75, 3.05) is 12.4 Å². The van der Waals surface area contributed by atoms with Crippen LogP contribution in [0.4, 0.5) is 5.69 Å². The van der Waals surface area contributed by atoms with E-state index in [9.17, 15) is 9.59 Å². The van der Waals surface area contributed by atoms with Crippen LogP contribution in [0, 0.1) is 18.3 Å². The molecule has 0 fully saturated rings. The van der Waals surface area contributed by atoms with Crippen LogP contribution in [0.25, 0.3) is 0 Å². The quantitative estimate of drug-likeness (QED) is 0.710. The Hall–Kier alpha value is -3.91. The molecular formula is C24H21N3O2. The first-order valence-corrected chi connectivity index (χ1v) is 9.19. The van der Waals surface area contributed by atoms with Gasteiger partial charge in [-0.25, -0.2) is 0 Å². The van der Waals surface area contributed by atoms with Gasteiger partial charge < -0.3 is 10.2 Å². The number of hydrogen-bond acceptors (Lipinski definition) is 3. The second kappa shape index (κ2) is 8.85. The van der Waals surface area contributed by atoms with Gasteiger partial charge in [-0.15, -0.1) is 0 Å². The van der Waals surface area contributed by atoms with Gasteiger partial charge in [-0.2, -0.15) is 5.26 Å². The Labute approximate surface area is 170 Å². The summed E-state index contributed by atoms with van der Waals surface area (Å²) >= 11 is 0. The monoisotopic (exact) mass is 383 g/mol. The minimum absolute atomic E-state index is 0.139. The minimum Gasteiger partial charge on any atom is -0.337 e. The van der Waals surface area contributed by atoms with Crippen LogP contribution in [0.5, 0.6) is 0 Å². The second-order valence-corrected chi connectivity index (χ2v) is 6.82. The summed E-state index contributed by atoms with van der Waals surface area (Å²) in [4.78, 5) is 26.7. The number of nitrogens with one attached hydrogen (secondary N) is 1. The van der Waals surface area contributed by atoms with Gasteiger partial charge in [0.2, 0.25) is 0 Å². The van der Waals surface area contributed by atoms with E-state index in [1.54, 1.807) is 48.3 Å². The van der Waals surface area contributed by atoms with Crippen LogP contribution >= 0.6 is 0 Å². The molecule has 0 spiro atoms. The van der Waals surface area contributed by atoms with E-state index in [1.807, 2.05) is 43.3 Å². The maximum absolute atomic E-state index is 12.7. The number of amides is 2. The molecule has 0 aliphatic heterocycles. The number of carbonyl (C=O) groups excluding carboxylic acids is 2. The van der Waals surface area contributed by atoms with Gasteiger partial charge in [0.15, 0.2) is 0 Å². The Morgan fingerprint density at radius 2 is 1.55 bits per heavy atom. The van der Waals surface area contributed by atoms with Crippen LogP contribution in [0.2, 0.25) is 0 Å². The fourth-order valence-electron chi connectivity index (χ4n) is 2.92. The predicted octanol–water partition coefficient (Wildman–Crippen LogP) is 4.39. The van der Waals surface area contributed by atoms with E-state index in [0.29, 0.717) is 23.2 Å². The summed E-state index contributed by atoms with van der Waals surface area (Å²) in [5.74, 6) is -0.357. The normalized spacial score (nSPS) is 10.1. The van der Waals surface area contributed by atoms with Crippen LogP contribution in [-0.4, -0.2) is 23.8 Å². The fourth-order valence-corrected chi connectivity index (χ4v) is 2.92. The van der Waals surface area contributed by atoms with Gasteiger partial charge >= 0.3 is 0 Å². The molecule has 144 valence electrons. The van der Waals surface area contributed by atoms with Gasteiger partial charge in [-0.05, 0) is 60.5 Å². The molecule has 0 saturated carbocycles. The van der Waals surface area contributed by atoms with Crippen LogP contribution in [-0.2, 0) is 6.54 Å². The minimum atomic E-state index is -0.218. The van der Waals surface area contributed by atoms with Gasteiger partial charge in [-0.3, -0.25) is 9.59 Å². The van der Waals surface area contributed by atoms with E-state index in [4.69, 9.17) is 5.26 Å². The molecule has 3 aromatic carbocycles. The van der Waals surface area contributed by atoms with Crippen molar-refractivity contribution >= 4 is 17.5 Å². The summed E-state index contributed by atoms with van der Waals surface area (Å²) in [7, 11) is 1.72. The lowest BCUT2D eigenvalue weighted by atomic mass is 10.1. The fraction of sp³-hybridized carbons (Fsp3) is 0.125. The zero-order valence-electron chi connectivity index (χ0n) is 16.3. The van der Waals surface area contributed by atoms with Crippen molar-refractivity contribution in [2.45, 2.75) is 13.5 Å². The number of hydrogen-bond donors (Lipinski definition) is 1. The smallest absolute Gasteiger partial charge is 0.255 e. The van der Waals surface area contributed by atoms with Crippen LogP contribution in [0.3, 0.4) is 0 Å². The Balaban J connectivity index is 1.65. The highest BCUT2D eigenvalue weighted by Crippen LogP contribution is 2.16. The molecule has 0 aromatic heterocycles. The average molecular weight is 383 g/mol. The lowest BCUT2D eigenvalue weighted by Crippen LogP contribution is -2.26. The molecule has 0 bridgehead atoms. The Morgan fingerprint density at radius 1 is 0.931 bits per heavy atom. The molecule has 0 aliphatic rings. The van der Waals surface area contributed by atoms with Crippen molar-refractivity contribution in [3.8, 4) is 6.07 Å². The summed E-state index contributed by atoms with van der Waals surface area (Å²) in [5.41, 5.74) is 4.27. The third-order valence-corrected chi connectivity index (χ3v) is 4.64. The lowest BCUT2D eigenvalue weighted by molar-refractivity contribution is 0.0784. The molecule has 0 heterocycles. The molecule has 5 nitrogen and oxygen atoms in total. The van der Waals surface area contributed by atoms with Crippen molar-refractivity contribution in [2.24, 2.45) is 0 Å². The second-order valence-electron chi connectivity index (χ2n) is 6.82. The predicted molar refractivity (Wildman–Crippen MR) is 113 cm³/mol. The molecule has 1 N–H and O–H groups in total. The molecule has 0 atom stereocenters. The number of anilines is 1. The van der Waals surface area contributed by atoms with Crippen molar-refractivity contribution in [1.82, 2.24) is 4.90 Å². The molecule has 3 rings (SSSR count). The van der Waals surface area contributed by atoms with Gasteiger partial charge in [0.25, 0.3) is 11.8 Å². The van der Waals surface area contributed by atoms with Gasteiger partial charge in [0.1, 0.15) is 0 Å². The Morgan fingerprint density at radius 3 is 2.17 bits per heavy atom. The van der Waals surface area contributed by atoms with Crippen molar-refractivity contribution in [1.29, 1.82) is 5.26 Å². The van der Waals surface area contributed by atoms with E-state index in [1.165, 1.54) is 0 Å². The van der Waals surface area contributed by atoms with E-state index in [2.05, 4.69) is 11.4 Å². The number of para-hydroxylation sites is 1. The molecule has 0 aliphatic carbocycles. The first-order valence-electron chi connectivity index (χ1n) is 9.19. The molecular weight excluding hydrogens is 362 g/mol. The summed E-state index contributed by atoms with van der Waals surface area (Å²) in [6.07, 6.45) is 0. The van der Waals surface area contributed by atoms with Crippen LogP contribution < -0.4 is 5.32 Å². The average Bonchev–Trinajstić information content (AvgIpc) is 2.75. The summed E-state index contributed by atoms with van der Waals surface area (Å²) in [6.45, 7) is 2.36. The van der Waals surface area contributed by atoms with Gasteiger partial charge in [0, 0.05) is 30.4 Å². The van der Waals surface area contributed by atoms with Crippen molar-refractivity contribution in [3.63, 3.8) is 0 Å². The van der Waals surface area contributed by atoms with Crippen molar-refractivity contribution in [3.05, 3.63) is 101 Å². The number of nitrogens with zero attached hydrogens (tertiary/aromatic N) is 2. The topological polar surface area (TPSA) is 73.2 Å². The lowest BCUT2D eigenvalue weighted by Gasteiger charge is -2.17. The summed E-state index contributed by atoms with van der Waals surface area (Å²) in [6, 6.07) is 23.4. The van der Waals surface area contributed by atoms with Crippen LogP contribution in [0.1, 0.15) is 37.4 Å².